The summed E-state index contributed by atoms with van der Waals surface area (Å²) in [5.74, 6) is 1.22. The van der Waals surface area contributed by atoms with Gasteiger partial charge in [0.2, 0.25) is 0 Å². The molecule has 6 nitrogen and oxygen atoms in total. The SMILES string of the molecule is COc1ccc(Cn2cc(-c3cc(CF)nc(SC)n3)ccc2=O)cc1OC. The van der Waals surface area contributed by atoms with Crippen LogP contribution in [-0.2, 0) is 13.2 Å². The standard InChI is InChI=1S/C20H20FN3O3S/c1-26-17-6-4-13(8-18(17)27-2)11-24-12-14(5-7-19(24)25)16-9-15(10-21)22-20(23-16)28-3/h4-9,12H,10-11H2,1-3H3. The number of hydrogen-bond acceptors (Lipinski definition) is 6. The van der Waals surface area contributed by atoms with Gasteiger partial charge in [0.1, 0.15) is 6.67 Å². The fourth-order valence-corrected chi connectivity index (χ4v) is 3.16. The highest BCUT2D eigenvalue weighted by Gasteiger charge is 2.10. The number of aromatic nitrogens is 3. The van der Waals surface area contributed by atoms with Gasteiger partial charge in [-0.15, -0.1) is 0 Å². The Labute approximate surface area is 166 Å². The minimum absolute atomic E-state index is 0.150. The number of ether oxygens (including phenoxy) is 2. The number of nitrogens with zero attached hydrogens (tertiary/aromatic N) is 3. The van der Waals surface area contributed by atoms with Crippen molar-refractivity contribution in [3.63, 3.8) is 0 Å². The molecule has 3 aromatic rings. The summed E-state index contributed by atoms with van der Waals surface area (Å²) < 4.78 is 25.3. The van der Waals surface area contributed by atoms with Gasteiger partial charge in [-0.2, -0.15) is 0 Å². The Morgan fingerprint density at radius 3 is 2.54 bits per heavy atom. The molecule has 3 rings (SSSR count). The van der Waals surface area contributed by atoms with Crippen molar-refractivity contribution in [2.24, 2.45) is 0 Å². The van der Waals surface area contributed by atoms with Crippen LogP contribution in [0.1, 0.15) is 11.3 Å². The van der Waals surface area contributed by atoms with Gasteiger partial charge in [-0.3, -0.25) is 4.79 Å². The monoisotopic (exact) mass is 401 g/mol. The van der Waals surface area contributed by atoms with Crippen molar-refractivity contribution in [1.29, 1.82) is 0 Å². The Morgan fingerprint density at radius 2 is 1.86 bits per heavy atom. The summed E-state index contributed by atoms with van der Waals surface area (Å²) in [6.07, 6.45) is 3.55. The quantitative estimate of drug-likeness (QED) is 0.446. The minimum Gasteiger partial charge on any atom is -0.493 e. The van der Waals surface area contributed by atoms with E-state index >= 15 is 0 Å². The fourth-order valence-electron chi connectivity index (χ4n) is 2.76. The van der Waals surface area contributed by atoms with E-state index in [9.17, 15) is 9.18 Å². The summed E-state index contributed by atoms with van der Waals surface area (Å²) in [6.45, 7) is -0.322. The Hall–Kier alpha value is -2.87. The lowest BCUT2D eigenvalue weighted by atomic mass is 10.1. The van der Waals surface area contributed by atoms with Crippen LogP contribution in [0, 0.1) is 0 Å². The average molecular weight is 401 g/mol. The molecule has 1 aromatic carbocycles. The molecule has 8 heteroatoms. The van der Waals surface area contributed by atoms with Crippen LogP contribution in [0.5, 0.6) is 11.5 Å². The Kier molecular flexibility index (Phi) is 6.30. The summed E-state index contributed by atoms with van der Waals surface area (Å²) in [7, 11) is 3.14. The van der Waals surface area contributed by atoms with Gasteiger partial charge in [0.15, 0.2) is 16.7 Å². The predicted octanol–water partition coefficient (Wildman–Crippen LogP) is 3.56. The molecule has 146 valence electrons. The van der Waals surface area contributed by atoms with E-state index in [1.807, 2.05) is 18.4 Å². The first-order valence-electron chi connectivity index (χ1n) is 8.47. The molecule has 0 radical (unpaired) electrons. The zero-order chi connectivity index (χ0) is 20.1. The molecule has 0 saturated carbocycles. The second-order valence-electron chi connectivity index (χ2n) is 5.94. The first kappa shape index (κ1) is 19.9. The summed E-state index contributed by atoms with van der Waals surface area (Å²) in [5, 5.41) is 0.489. The van der Waals surface area contributed by atoms with E-state index in [0.717, 1.165) is 5.56 Å². The number of hydrogen-bond donors (Lipinski definition) is 0. The second kappa shape index (κ2) is 8.88. The molecule has 28 heavy (non-hydrogen) atoms. The summed E-state index contributed by atoms with van der Waals surface area (Å²) in [6, 6.07) is 10.3. The highest BCUT2D eigenvalue weighted by atomic mass is 32.2. The van der Waals surface area contributed by atoms with Crippen LogP contribution < -0.4 is 15.0 Å². The van der Waals surface area contributed by atoms with E-state index < -0.39 is 6.67 Å². The maximum absolute atomic E-state index is 13.1. The van der Waals surface area contributed by atoms with Crippen molar-refractivity contribution in [3.05, 3.63) is 64.2 Å². The largest absolute Gasteiger partial charge is 0.493 e. The third-order valence-corrected chi connectivity index (χ3v) is 4.71. The van der Waals surface area contributed by atoms with E-state index in [0.29, 0.717) is 40.2 Å². The number of pyridine rings is 1. The predicted molar refractivity (Wildman–Crippen MR) is 107 cm³/mol. The lowest BCUT2D eigenvalue weighted by Gasteiger charge is -2.12. The van der Waals surface area contributed by atoms with Crippen molar-refractivity contribution >= 4 is 11.8 Å². The van der Waals surface area contributed by atoms with E-state index in [1.54, 1.807) is 43.2 Å². The molecule has 0 atom stereocenters. The Balaban J connectivity index is 1.98. The highest BCUT2D eigenvalue weighted by Crippen LogP contribution is 2.28. The molecule has 0 bridgehead atoms. The van der Waals surface area contributed by atoms with E-state index in [-0.39, 0.29) is 5.56 Å². The van der Waals surface area contributed by atoms with Gasteiger partial charge in [-0.25, -0.2) is 14.4 Å². The minimum atomic E-state index is -0.672. The van der Waals surface area contributed by atoms with Crippen molar-refractivity contribution in [3.8, 4) is 22.8 Å². The first-order valence-corrected chi connectivity index (χ1v) is 9.70. The molecule has 0 N–H and O–H groups in total. The van der Waals surface area contributed by atoms with Crippen molar-refractivity contribution in [1.82, 2.24) is 14.5 Å². The van der Waals surface area contributed by atoms with Crippen LogP contribution in [0.25, 0.3) is 11.3 Å². The summed E-state index contributed by atoms with van der Waals surface area (Å²) in [5.41, 5.74) is 2.34. The number of rotatable bonds is 7. The average Bonchev–Trinajstić information content (AvgIpc) is 2.74. The van der Waals surface area contributed by atoms with Gasteiger partial charge in [0.05, 0.1) is 32.2 Å². The molecule has 0 aliphatic carbocycles. The zero-order valence-corrected chi connectivity index (χ0v) is 16.6. The van der Waals surface area contributed by atoms with Crippen molar-refractivity contribution in [2.75, 3.05) is 20.5 Å². The van der Waals surface area contributed by atoms with E-state index in [4.69, 9.17) is 9.47 Å². The lowest BCUT2D eigenvalue weighted by Crippen LogP contribution is -2.19. The third kappa shape index (κ3) is 4.33. The number of halogens is 1. The van der Waals surface area contributed by atoms with Crippen LogP contribution in [0.3, 0.4) is 0 Å². The van der Waals surface area contributed by atoms with Gasteiger partial charge >= 0.3 is 0 Å². The van der Waals surface area contributed by atoms with Crippen LogP contribution in [0.2, 0.25) is 0 Å². The van der Waals surface area contributed by atoms with E-state index in [1.165, 1.54) is 17.8 Å². The molecule has 0 saturated heterocycles. The molecule has 2 heterocycles. The van der Waals surface area contributed by atoms with Gasteiger partial charge in [-0.1, -0.05) is 17.8 Å². The van der Waals surface area contributed by atoms with Gasteiger partial charge in [0.25, 0.3) is 5.56 Å². The van der Waals surface area contributed by atoms with Crippen LogP contribution in [-0.4, -0.2) is 35.0 Å². The number of alkyl halides is 1. The fraction of sp³-hybridized carbons (Fsp3) is 0.250. The summed E-state index contributed by atoms with van der Waals surface area (Å²) >= 11 is 1.34. The first-order chi connectivity index (χ1) is 13.6. The third-order valence-electron chi connectivity index (χ3n) is 4.16. The molecule has 2 aromatic heterocycles. The number of benzene rings is 1. The van der Waals surface area contributed by atoms with Gasteiger partial charge < -0.3 is 14.0 Å². The smallest absolute Gasteiger partial charge is 0.250 e. The van der Waals surface area contributed by atoms with Crippen LogP contribution in [0.15, 0.2) is 52.5 Å². The normalized spacial score (nSPS) is 10.7. The summed E-state index contributed by atoms with van der Waals surface area (Å²) in [4.78, 5) is 20.9. The van der Waals surface area contributed by atoms with Crippen LogP contribution in [0.4, 0.5) is 4.39 Å². The van der Waals surface area contributed by atoms with Crippen LogP contribution >= 0.6 is 11.8 Å². The number of thioether (sulfide) groups is 1. The highest BCUT2D eigenvalue weighted by molar-refractivity contribution is 7.98. The molecule has 0 spiro atoms. The van der Waals surface area contributed by atoms with Crippen molar-refractivity contribution in [2.45, 2.75) is 18.4 Å². The molecular formula is C20H20FN3O3S. The lowest BCUT2D eigenvalue weighted by molar-refractivity contribution is 0.354. The molecule has 0 unspecified atom stereocenters. The Bertz CT molecular complexity index is 1020. The van der Waals surface area contributed by atoms with Crippen molar-refractivity contribution < 1.29 is 13.9 Å². The second-order valence-corrected chi connectivity index (χ2v) is 6.71. The van der Waals surface area contributed by atoms with Gasteiger partial charge in [0, 0.05) is 17.8 Å². The maximum atomic E-state index is 13.1. The van der Waals surface area contributed by atoms with E-state index in [2.05, 4.69) is 9.97 Å². The topological polar surface area (TPSA) is 66.2 Å². The molecule has 0 aliphatic rings. The maximum Gasteiger partial charge on any atom is 0.250 e. The molecule has 0 fully saturated rings. The molecule has 0 aliphatic heterocycles. The number of methoxy groups -OCH3 is 2. The molecule has 0 amide bonds. The van der Waals surface area contributed by atoms with Gasteiger partial charge in [-0.05, 0) is 36.1 Å². The zero-order valence-electron chi connectivity index (χ0n) is 15.8. The molecular weight excluding hydrogens is 381 g/mol. The Morgan fingerprint density at radius 1 is 1.07 bits per heavy atom.